The number of imidazole rings is 1. The summed E-state index contributed by atoms with van der Waals surface area (Å²) in [7, 11) is -3.35. The van der Waals surface area contributed by atoms with Crippen molar-refractivity contribution < 1.29 is 8.42 Å². The van der Waals surface area contributed by atoms with Crippen molar-refractivity contribution in [3.8, 4) is 0 Å². The average Bonchev–Trinajstić information content (AvgIpc) is 2.82. The lowest BCUT2D eigenvalue weighted by atomic mass is 10.2. The molecule has 1 aromatic heterocycles. The largest absolute Gasteiger partial charge is 0.329 e. The van der Waals surface area contributed by atoms with Crippen LogP contribution in [0.2, 0.25) is 0 Å². The Labute approximate surface area is 145 Å². The van der Waals surface area contributed by atoms with Crippen LogP contribution >= 0.6 is 0 Å². The zero-order chi connectivity index (χ0) is 16.6. The van der Waals surface area contributed by atoms with Crippen LogP contribution in [0.15, 0.2) is 0 Å². The minimum absolute atomic E-state index is 0.436. The standard InChI is InChI=1S/C17H28N4O2S/c22-24(23,19-10-6-1-2-7-11-19)20-12-13-21-16-9-5-3-4-8-15(16)18-17(21)14-20/h1-14H2. The summed E-state index contributed by atoms with van der Waals surface area (Å²) in [6.07, 6.45) is 10.1. The molecule has 0 atom stereocenters. The monoisotopic (exact) mass is 352 g/mol. The van der Waals surface area contributed by atoms with Crippen molar-refractivity contribution >= 4 is 10.2 Å². The quantitative estimate of drug-likeness (QED) is 0.766. The number of nitrogens with zero attached hydrogens (tertiary/aromatic N) is 4. The summed E-state index contributed by atoms with van der Waals surface area (Å²) < 4.78 is 31.7. The van der Waals surface area contributed by atoms with Gasteiger partial charge in [0.15, 0.2) is 0 Å². The van der Waals surface area contributed by atoms with E-state index in [4.69, 9.17) is 4.98 Å². The van der Waals surface area contributed by atoms with Crippen LogP contribution in [-0.2, 0) is 36.1 Å². The molecule has 1 saturated heterocycles. The fourth-order valence-corrected chi connectivity index (χ4v) is 5.94. The third-order valence-electron chi connectivity index (χ3n) is 5.67. The van der Waals surface area contributed by atoms with Gasteiger partial charge in [0, 0.05) is 31.9 Å². The molecule has 6 nitrogen and oxygen atoms in total. The van der Waals surface area contributed by atoms with Crippen molar-refractivity contribution in [3.05, 3.63) is 17.2 Å². The Morgan fingerprint density at radius 3 is 2.25 bits per heavy atom. The topological polar surface area (TPSA) is 58.4 Å². The van der Waals surface area contributed by atoms with Gasteiger partial charge in [-0.05, 0) is 38.5 Å². The number of fused-ring (bicyclic) bond motifs is 3. The molecule has 0 bridgehead atoms. The van der Waals surface area contributed by atoms with Crippen LogP contribution in [0.1, 0.15) is 62.2 Å². The lowest BCUT2D eigenvalue weighted by molar-refractivity contribution is 0.294. The lowest BCUT2D eigenvalue weighted by Gasteiger charge is -2.32. The Balaban J connectivity index is 1.55. The van der Waals surface area contributed by atoms with Gasteiger partial charge >= 0.3 is 0 Å². The van der Waals surface area contributed by atoms with Gasteiger partial charge in [-0.15, -0.1) is 0 Å². The van der Waals surface area contributed by atoms with E-state index in [1.807, 2.05) is 0 Å². The van der Waals surface area contributed by atoms with Crippen LogP contribution in [0.25, 0.3) is 0 Å². The van der Waals surface area contributed by atoms with E-state index in [-0.39, 0.29) is 0 Å². The molecular weight excluding hydrogens is 324 g/mol. The van der Waals surface area contributed by atoms with Crippen LogP contribution in [0, 0.1) is 0 Å². The highest BCUT2D eigenvalue weighted by molar-refractivity contribution is 7.86. The van der Waals surface area contributed by atoms with E-state index in [1.54, 1.807) is 8.61 Å². The van der Waals surface area contributed by atoms with Gasteiger partial charge in [-0.2, -0.15) is 17.0 Å². The number of hydrogen-bond acceptors (Lipinski definition) is 3. The number of rotatable bonds is 2. The highest BCUT2D eigenvalue weighted by atomic mass is 32.2. The Morgan fingerprint density at radius 1 is 0.750 bits per heavy atom. The fourth-order valence-electron chi connectivity index (χ4n) is 4.30. The van der Waals surface area contributed by atoms with Gasteiger partial charge in [-0.1, -0.05) is 19.3 Å². The van der Waals surface area contributed by atoms with Crippen molar-refractivity contribution in [2.45, 2.75) is 70.9 Å². The van der Waals surface area contributed by atoms with Gasteiger partial charge in [-0.3, -0.25) is 0 Å². The van der Waals surface area contributed by atoms with Gasteiger partial charge in [0.1, 0.15) is 5.82 Å². The van der Waals surface area contributed by atoms with E-state index in [9.17, 15) is 8.42 Å². The minimum Gasteiger partial charge on any atom is -0.329 e. The molecule has 0 N–H and O–H groups in total. The molecule has 1 fully saturated rings. The van der Waals surface area contributed by atoms with E-state index < -0.39 is 10.2 Å². The zero-order valence-corrected chi connectivity index (χ0v) is 15.2. The van der Waals surface area contributed by atoms with E-state index in [0.717, 1.165) is 50.9 Å². The summed E-state index contributed by atoms with van der Waals surface area (Å²) in [5, 5.41) is 0. The third-order valence-corrected chi connectivity index (χ3v) is 7.65. The molecule has 0 amide bonds. The van der Waals surface area contributed by atoms with Crippen molar-refractivity contribution in [3.63, 3.8) is 0 Å². The number of aromatic nitrogens is 2. The summed E-state index contributed by atoms with van der Waals surface area (Å²) in [5.41, 5.74) is 2.59. The molecule has 0 saturated carbocycles. The smallest absolute Gasteiger partial charge is 0.282 e. The van der Waals surface area contributed by atoms with E-state index in [0.29, 0.717) is 26.2 Å². The maximum atomic E-state index is 13.0. The first-order chi connectivity index (χ1) is 11.7. The van der Waals surface area contributed by atoms with E-state index in [1.165, 1.54) is 30.7 Å². The Morgan fingerprint density at radius 2 is 1.46 bits per heavy atom. The second kappa shape index (κ2) is 6.77. The summed E-state index contributed by atoms with van der Waals surface area (Å²) in [5.74, 6) is 0.951. The Hall–Kier alpha value is -0.920. The fraction of sp³-hybridized carbons (Fsp3) is 0.824. The van der Waals surface area contributed by atoms with Crippen molar-refractivity contribution in [1.82, 2.24) is 18.2 Å². The van der Waals surface area contributed by atoms with Crippen LogP contribution in [0.5, 0.6) is 0 Å². The molecule has 24 heavy (non-hydrogen) atoms. The van der Waals surface area contributed by atoms with Gasteiger partial charge < -0.3 is 4.57 Å². The molecule has 4 rings (SSSR count). The molecule has 2 aliphatic heterocycles. The van der Waals surface area contributed by atoms with Gasteiger partial charge in [0.05, 0.1) is 12.2 Å². The maximum Gasteiger partial charge on any atom is 0.282 e. The maximum absolute atomic E-state index is 13.0. The molecular formula is C17H28N4O2S. The minimum atomic E-state index is -3.35. The number of aryl methyl sites for hydroxylation is 1. The van der Waals surface area contributed by atoms with E-state index >= 15 is 0 Å². The first-order valence-corrected chi connectivity index (χ1v) is 10.9. The molecule has 1 aliphatic carbocycles. The SMILES string of the molecule is O=S(=O)(N1CCCCCC1)N1CCn2c(nc3c2CCCCC3)C1. The highest BCUT2D eigenvalue weighted by Crippen LogP contribution is 2.27. The predicted molar refractivity (Wildman–Crippen MR) is 92.9 cm³/mol. The lowest BCUT2D eigenvalue weighted by Crippen LogP contribution is -2.47. The average molecular weight is 353 g/mol. The molecule has 0 radical (unpaired) electrons. The van der Waals surface area contributed by atoms with Crippen LogP contribution in [0.4, 0.5) is 0 Å². The van der Waals surface area contributed by atoms with Crippen molar-refractivity contribution in [1.29, 1.82) is 0 Å². The normalized spacial score (nSPS) is 24.0. The second-order valence-corrected chi connectivity index (χ2v) is 9.22. The van der Waals surface area contributed by atoms with Crippen molar-refractivity contribution in [2.75, 3.05) is 19.6 Å². The second-order valence-electron chi connectivity index (χ2n) is 7.29. The first kappa shape index (κ1) is 16.5. The third kappa shape index (κ3) is 3.02. The van der Waals surface area contributed by atoms with Crippen molar-refractivity contribution in [2.24, 2.45) is 0 Å². The van der Waals surface area contributed by atoms with Gasteiger partial charge in [-0.25, -0.2) is 4.98 Å². The van der Waals surface area contributed by atoms with E-state index in [2.05, 4.69) is 4.57 Å². The molecule has 1 aromatic rings. The van der Waals surface area contributed by atoms with Crippen LogP contribution < -0.4 is 0 Å². The van der Waals surface area contributed by atoms with Gasteiger partial charge in [0.2, 0.25) is 0 Å². The highest BCUT2D eigenvalue weighted by Gasteiger charge is 2.34. The number of hydrogen-bond donors (Lipinski definition) is 0. The molecule has 0 aromatic carbocycles. The van der Waals surface area contributed by atoms with Crippen LogP contribution in [-0.4, -0.2) is 46.2 Å². The molecule has 7 heteroatoms. The first-order valence-electron chi connectivity index (χ1n) is 9.48. The Bertz CT molecular complexity index is 690. The summed E-state index contributed by atoms with van der Waals surface area (Å²) in [6, 6.07) is 0. The Kier molecular flexibility index (Phi) is 4.66. The zero-order valence-electron chi connectivity index (χ0n) is 14.4. The molecule has 0 spiro atoms. The summed E-state index contributed by atoms with van der Waals surface area (Å²) in [6.45, 7) is 3.11. The predicted octanol–water partition coefficient (Wildman–Crippen LogP) is 2.09. The summed E-state index contributed by atoms with van der Waals surface area (Å²) >= 11 is 0. The molecule has 3 aliphatic rings. The van der Waals surface area contributed by atoms with Gasteiger partial charge in [0.25, 0.3) is 10.2 Å². The molecule has 3 heterocycles. The summed E-state index contributed by atoms with van der Waals surface area (Å²) in [4.78, 5) is 4.82. The molecule has 0 unspecified atom stereocenters. The van der Waals surface area contributed by atoms with Crippen LogP contribution in [0.3, 0.4) is 0 Å². The molecule has 134 valence electrons.